The predicted octanol–water partition coefficient (Wildman–Crippen LogP) is 0.849. The van der Waals surface area contributed by atoms with Gasteiger partial charge >= 0.3 is 0 Å². The maximum Gasteiger partial charge on any atom is 0.0348 e. The molecule has 1 rings (SSSR count). The number of rotatable bonds is 1. The van der Waals surface area contributed by atoms with Gasteiger partial charge < -0.3 is 0 Å². The van der Waals surface area contributed by atoms with E-state index in [1.807, 2.05) is 19.1 Å². The number of aromatic nitrogens is 1. The van der Waals surface area contributed by atoms with Crippen molar-refractivity contribution in [3.63, 3.8) is 0 Å². The van der Waals surface area contributed by atoms with Gasteiger partial charge in [-0.1, -0.05) is 19.2 Å². The Morgan fingerprint density at radius 3 is 2.91 bits per heavy atom. The van der Waals surface area contributed by atoms with E-state index in [1.54, 1.807) is 12.4 Å². The molecular formula is C10H11N. The second-order valence-corrected chi connectivity index (χ2v) is 2.42. The summed E-state index contributed by atoms with van der Waals surface area (Å²) in [5.74, 6) is 0. The fourth-order valence-electron chi connectivity index (χ4n) is 0.888. The molecule has 0 unspecified atom stereocenters. The van der Waals surface area contributed by atoms with E-state index < -0.39 is 0 Å². The van der Waals surface area contributed by atoms with Crippen molar-refractivity contribution in [2.45, 2.75) is 6.92 Å². The summed E-state index contributed by atoms with van der Waals surface area (Å²) in [7, 11) is 0. The number of nitrogens with zero attached hydrogens (tertiary/aromatic N) is 1. The zero-order valence-corrected chi connectivity index (χ0v) is 6.67. The molecule has 1 heteroatoms. The van der Waals surface area contributed by atoms with Crippen LogP contribution in [0.4, 0.5) is 0 Å². The van der Waals surface area contributed by atoms with E-state index >= 15 is 0 Å². The summed E-state index contributed by atoms with van der Waals surface area (Å²) in [6.07, 6.45) is 5.35. The summed E-state index contributed by atoms with van der Waals surface area (Å²) in [4.78, 5) is 4.01. The van der Waals surface area contributed by atoms with E-state index in [9.17, 15) is 0 Å². The van der Waals surface area contributed by atoms with E-state index in [2.05, 4.69) is 18.1 Å². The molecule has 1 heterocycles. The molecule has 0 aromatic carbocycles. The smallest absolute Gasteiger partial charge is 0.0348 e. The largest absolute Gasteiger partial charge is 0.264 e. The lowest BCUT2D eigenvalue weighted by atomic mass is 10.2. The van der Waals surface area contributed by atoms with Crippen molar-refractivity contribution in [1.82, 2.24) is 4.98 Å². The molecule has 1 nitrogen and oxygen atoms in total. The van der Waals surface area contributed by atoms with E-state index in [-0.39, 0.29) is 0 Å². The lowest BCUT2D eigenvalue weighted by Crippen LogP contribution is -2.24. The van der Waals surface area contributed by atoms with Crippen molar-refractivity contribution >= 4 is 12.2 Å². The fraction of sp³-hybridized carbons (Fsp3) is 0.100. The summed E-state index contributed by atoms with van der Waals surface area (Å²) in [6.45, 7) is 9.57. The molecular weight excluding hydrogens is 134 g/mol. The van der Waals surface area contributed by atoms with Gasteiger partial charge in [0.05, 0.1) is 0 Å². The van der Waals surface area contributed by atoms with Crippen LogP contribution in [-0.2, 0) is 0 Å². The van der Waals surface area contributed by atoms with Crippen molar-refractivity contribution in [3.8, 4) is 0 Å². The van der Waals surface area contributed by atoms with Crippen molar-refractivity contribution < 1.29 is 0 Å². The van der Waals surface area contributed by atoms with Gasteiger partial charge in [0, 0.05) is 17.6 Å². The van der Waals surface area contributed by atoms with Gasteiger partial charge in [0.15, 0.2) is 0 Å². The fourth-order valence-corrected chi connectivity index (χ4v) is 0.888. The van der Waals surface area contributed by atoms with Crippen molar-refractivity contribution in [2.75, 3.05) is 0 Å². The van der Waals surface area contributed by atoms with Crippen molar-refractivity contribution in [1.29, 1.82) is 0 Å². The molecule has 0 aliphatic carbocycles. The number of hydrogen-bond acceptors (Lipinski definition) is 1. The molecule has 0 bridgehead atoms. The van der Waals surface area contributed by atoms with E-state index in [4.69, 9.17) is 0 Å². The van der Waals surface area contributed by atoms with Gasteiger partial charge in [0.25, 0.3) is 0 Å². The quantitative estimate of drug-likeness (QED) is 0.571. The molecule has 0 saturated carbocycles. The van der Waals surface area contributed by atoms with E-state index in [0.29, 0.717) is 0 Å². The molecule has 0 spiro atoms. The van der Waals surface area contributed by atoms with Crippen LogP contribution in [0.2, 0.25) is 0 Å². The Balaban J connectivity index is 3.59. The highest BCUT2D eigenvalue weighted by Crippen LogP contribution is 1.86. The summed E-state index contributed by atoms with van der Waals surface area (Å²) in [5.41, 5.74) is 1.11. The Labute approximate surface area is 66.4 Å². The van der Waals surface area contributed by atoms with Gasteiger partial charge in [0.2, 0.25) is 0 Å². The van der Waals surface area contributed by atoms with Crippen LogP contribution in [0.5, 0.6) is 0 Å². The maximum atomic E-state index is 4.01. The predicted molar refractivity (Wildman–Crippen MR) is 48.3 cm³/mol. The molecule has 11 heavy (non-hydrogen) atoms. The molecule has 56 valence electrons. The van der Waals surface area contributed by atoms with Crippen LogP contribution < -0.4 is 10.4 Å². The molecule has 1 aromatic rings. The van der Waals surface area contributed by atoms with Gasteiger partial charge in [-0.15, -0.1) is 0 Å². The Bertz CT molecular complexity index is 363. The summed E-state index contributed by atoms with van der Waals surface area (Å²) < 4.78 is 0. The minimum Gasteiger partial charge on any atom is -0.264 e. The molecule has 0 amide bonds. The molecule has 0 atom stereocenters. The lowest BCUT2D eigenvalue weighted by molar-refractivity contribution is 1.27. The van der Waals surface area contributed by atoms with Crippen molar-refractivity contribution in [3.05, 3.63) is 41.6 Å². The van der Waals surface area contributed by atoms with Crippen LogP contribution in [0.15, 0.2) is 31.1 Å². The Kier molecular flexibility index (Phi) is 2.21. The summed E-state index contributed by atoms with van der Waals surface area (Å²) in [6, 6.07) is 1.89. The van der Waals surface area contributed by atoms with Crippen LogP contribution in [0, 0.1) is 0 Å². The van der Waals surface area contributed by atoms with Gasteiger partial charge in [-0.3, -0.25) is 4.98 Å². The highest BCUT2D eigenvalue weighted by Gasteiger charge is 1.84. The molecule has 0 radical (unpaired) electrons. The zero-order valence-electron chi connectivity index (χ0n) is 6.67. The van der Waals surface area contributed by atoms with Crippen LogP contribution in [0.3, 0.4) is 0 Å². The Hall–Kier alpha value is -1.37. The third-order valence-electron chi connectivity index (χ3n) is 1.64. The SMILES string of the molecule is C=C/C(C)=c1/cnccc1=C. The van der Waals surface area contributed by atoms with Crippen LogP contribution >= 0.6 is 0 Å². The Morgan fingerprint density at radius 1 is 1.64 bits per heavy atom. The van der Waals surface area contributed by atoms with Crippen LogP contribution in [0.25, 0.3) is 12.2 Å². The monoisotopic (exact) mass is 145 g/mol. The van der Waals surface area contributed by atoms with Gasteiger partial charge in [-0.25, -0.2) is 0 Å². The second kappa shape index (κ2) is 3.15. The Morgan fingerprint density at radius 2 is 2.36 bits per heavy atom. The van der Waals surface area contributed by atoms with Gasteiger partial charge in [0.1, 0.15) is 0 Å². The third-order valence-corrected chi connectivity index (χ3v) is 1.64. The van der Waals surface area contributed by atoms with Gasteiger partial charge in [-0.05, 0) is 23.8 Å². The number of hydrogen-bond donors (Lipinski definition) is 0. The average Bonchev–Trinajstić information content (AvgIpc) is 2.04. The molecule has 1 aromatic heterocycles. The first kappa shape index (κ1) is 7.73. The molecule has 0 aliphatic heterocycles. The normalized spacial score (nSPS) is 12.5. The summed E-state index contributed by atoms with van der Waals surface area (Å²) in [5, 5.41) is 2.07. The topological polar surface area (TPSA) is 12.9 Å². The van der Waals surface area contributed by atoms with Crippen LogP contribution in [0.1, 0.15) is 6.92 Å². The third kappa shape index (κ3) is 1.55. The highest BCUT2D eigenvalue weighted by atomic mass is 14.6. The summed E-state index contributed by atoms with van der Waals surface area (Å²) >= 11 is 0. The van der Waals surface area contributed by atoms with Crippen LogP contribution in [-0.4, -0.2) is 4.98 Å². The first-order valence-electron chi connectivity index (χ1n) is 3.48. The average molecular weight is 145 g/mol. The van der Waals surface area contributed by atoms with Gasteiger partial charge in [-0.2, -0.15) is 0 Å². The maximum absolute atomic E-state index is 4.01. The number of allylic oxidation sites excluding steroid dienone is 1. The number of pyridine rings is 1. The molecule has 0 fully saturated rings. The van der Waals surface area contributed by atoms with E-state index in [0.717, 1.165) is 16.0 Å². The minimum atomic E-state index is 0.998. The first-order valence-corrected chi connectivity index (χ1v) is 3.48. The minimum absolute atomic E-state index is 0.998. The molecule has 0 N–H and O–H groups in total. The zero-order chi connectivity index (χ0) is 8.27. The van der Waals surface area contributed by atoms with Crippen molar-refractivity contribution in [2.24, 2.45) is 0 Å². The first-order chi connectivity index (χ1) is 5.25. The molecule has 0 saturated heterocycles. The van der Waals surface area contributed by atoms with E-state index in [1.165, 1.54) is 0 Å². The second-order valence-electron chi connectivity index (χ2n) is 2.42. The molecule has 0 aliphatic rings. The lowest BCUT2D eigenvalue weighted by Gasteiger charge is -1.90. The highest BCUT2D eigenvalue weighted by molar-refractivity contribution is 5.52. The standard InChI is InChI=1S/C10H11N/c1-4-8(2)10-7-11-6-5-9(10)3/h4-7H,1,3H2,2H3/b10-8-.